The summed E-state index contributed by atoms with van der Waals surface area (Å²) in [5.41, 5.74) is 8.16. The molecule has 3 N–H and O–H groups in total. The van der Waals surface area contributed by atoms with Crippen LogP contribution in [0.25, 0.3) is 0 Å². The number of anilines is 1. The van der Waals surface area contributed by atoms with E-state index in [1.807, 2.05) is 61.5 Å². The van der Waals surface area contributed by atoms with Crippen LogP contribution >= 0.6 is 0 Å². The van der Waals surface area contributed by atoms with E-state index in [1.54, 1.807) is 24.3 Å². The molecule has 0 fully saturated rings. The van der Waals surface area contributed by atoms with Crippen LogP contribution in [0.2, 0.25) is 0 Å². The van der Waals surface area contributed by atoms with Gasteiger partial charge in [-0.05, 0) is 43.3 Å². The number of nitrogens with one attached hydrogen (secondary N) is 1. The van der Waals surface area contributed by atoms with E-state index < -0.39 is 12.0 Å². The third-order valence-corrected chi connectivity index (χ3v) is 4.05. The molecule has 0 saturated carbocycles. The number of hydrogen-bond acceptors (Lipinski definition) is 3. The van der Waals surface area contributed by atoms with Crippen molar-refractivity contribution in [2.75, 3.05) is 5.32 Å². The van der Waals surface area contributed by atoms with E-state index in [2.05, 4.69) is 5.32 Å². The molecule has 0 spiro atoms. The Balaban J connectivity index is 1.83. The monoisotopic (exact) mass is 360 g/mol. The lowest BCUT2D eigenvalue weighted by atomic mass is 10.1. The van der Waals surface area contributed by atoms with Gasteiger partial charge >= 0.3 is 0 Å². The highest BCUT2D eigenvalue weighted by atomic mass is 16.5. The van der Waals surface area contributed by atoms with Crippen molar-refractivity contribution in [2.45, 2.75) is 13.0 Å². The molecule has 27 heavy (non-hydrogen) atoms. The fourth-order valence-corrected chi connectivity index (χ4v) is 2.58. The van der Waals surface area contributed by atoms with Gasteiger partial charge in [0.2, 0.25) is 12.0 Å². The molecule has 0 aliphatic rings. The Kier molecular flexibility index (Phi) is 5.52. The van der Waals surface area contributed by atoms with Gasteiger partial charge in [0, 0.05) is 16.8 Å². The summed E-state index contributed by atoms with van der Waals surface area (Å²) in [6, 6.07) is 23.1. The standard InChI is InChI=1S/C22H20N2O3/c1-15-7-11-18(12-8-15)24-22(26)20(16-5-3-2-4-6-16)27-19-13-9-17(10-14-19)21(23)25/h2-14,20H,1H3,(H2,23,25)(H,24,26)/t20-/m1/s1. The van der Waals surface area contributed by atoms with Crippen molar-refractivity contribution >= 4 is 17.5 Å². The summed E-state index contributed by atoms with van der Waals surface area (Å²) in [6.07, 6.45) is -0.841. The Morgan fingerprint density at radius 1 is 0.889 bits per heavy atom. The minimum Gasteiger partial charge on any atom is -0.476 e. The maximum absolute atomic E-state index is 12.9. The van der Waals surface area contributed by atoms with Crippen molar-refractivity contribution in [1.82, 2.24) is 0 Å². The van der Waals surface area contributed by atoms with Gasteiger partial charge in [0.1, 0.15) is 5.75 Å². The average Bonchev–Trinajstić information content (AvgIpc) is 2.69. The van der Waals surface area contributed by atoms with Crippen molar-refractivity contribution in [1.29, 1.82) is 0 Å². The van der Waals surface area contributed by atoms with Gasteiger partial charge in [0.15, 0.2) is 0 Å². The summed E-state index contributed by atoms with van der Waals surface area (Å²) in [5, 5.41) is 2.88. The van der Waals surface area contributed by atoms with Crippen LogP contribution in [0.15, 0.2) is 78.9 Å². The maximum Gasteiger partial charge on any atom is 0.270 e. The summed E-state index contributed by atoms with van der Waals surface area (Å²) < 4.78 is 5.93. The molecule has 0 aliphatic heterocycles. The van der Waals surface area contributed by atoms with E-state index in [-0.39, 0.29) is 5.91 Å². The number of primary amides is 1. The number of ether oxygens (including phenoxy) is 1. The first-order valence-electron chi connectivity index (χ1n) is 8.52. The zero-order valence-corrected chi connectivity index (χ0v) is 14.9. The Labute approximate surface area is 157 Å². The van der Waals surface area contributed by atoms with Gasteiger partial charge in [-0.15, -0.1) is 0 Å². The number of rotatable bonds is 6. The summed E-state index contributed by atoms with van der Waals surface area (Å²) in [6.45, 7) is 1.98. The number of carbonyl (C=O) groups excluding carboxylic acids is 2. The van der Waals surface area contributed by atoms with Crippen LogP contribution in [0.5, 0.6) is 5.75 Å². The molecule has 136 valence electrons. The number of nitrogens with two attached hydrogens (primary N) is 1. The normalized spacial score (nSPS) is 11.4. The van der Waals surface area contributed by atoms with E-state index in [4.69, 9.17) is 10.5 Å². The molecule has 0 radical (unpaired) electrons. The molecular formula is C22H20N2O3. The molecular weight excluding hydrogens is 340 g/mol. The molecule has 3 aromatic rings. The van der Waals surface area contributed by atoms with Crippen molar-refractivity contribution in [3.05, 3.63) is 95.6 Å². The van der Waals surface area contributed by atoms with Crippen LogP contribution in [-0.2, 0) is 4.79 Å². The molecule has 0 aliphatic carbocycles. The maximum atomic E-state index is 12.9. The van der Waals surface area contributed by atoms with Gasteiger partial charge in [-0.2, -0.15) is 0 Å². The van der Waals surface area contributed by atoms with Gasteiger partial charge < -0.3 is 15.8 Å². The summed E-state index contributed by atoms with van der Waals surface area (Å²) in [5.74, 6) is -0.338. The minimum atomic E-state index is -0.841. The molecule has 2 amide bonds. The molecule has 1 atom stereocenters. The second kappa shape index (κ2) is 8.19. The van der Waals surface area contributed by atoms with E-state index in [9.17, 15) is 9.59 Å². The van der Waals surface area contributed by atoms with Gasteiger partial charge in [-0.1, -0.05) is 48.0 Å². The number of benzene rings is 3. The molecule has 3 rings (SSSR count). The summed E-state index contributed by atoms with van der Waals surface area (Å²) >= 11 is 0. The second-order valence-corrected chi connectivity index (χ2v) is 6.15. The van der Waals surface area contributed by atoms with E-state index in [0.29, 0.717) is 17.0 Å². The molecule has 0 bridgehead atoms. The molecule has 5 nitrogen and oxygen atoms in total. The van der Waals surface area contributed by atoms with Crippen molar-refractivity contribution in [3.8, 4) is 5.75 Å². The Bertz CT molecular complexity index is 920. The highest BCUT2D eigenvalue weighted by molar-refractivity contribution is 5.95. The third kappa shape index (κ3) is 4.73. The van der Waals surface area contributed by atoms with E-state index in [0.717, 1.165) is 11.1 Å². The van der Waals surface area contributed by atoms with E-state index in [1.165, 1.54) is 0 Å². The highest BCUT2D eigenvalue weighted by Crippen LogP contribution is 2.24. The molecule has 0 aromatic heterocycles. The number of amides is 2. The first-order valence-corrected chi connectivity index (χ1v) is 8.52. The van der Waals surface area contributed by atoms with Crippen LogP contribution in [0.3, 0.4) is 0 Å². The Morgan fingerprint density at radius 3 is 2.11 bits per heavy atom. The van der Waals surface area contributed by atoms with Crippen LogP contribution in [-0.4, -0.2) is 11.8 Å². The largest absolute Gasteiger partial charge is 0.476 e. The lowest BCUT2D eigenvalue weighted by molar-refractivity contribution is -0.123. The fourth-order valence-electron chi connectivity index (χ4n) is 2.58. The van der Waals surface area contributed by atoms with Gasteiger partial charge in [-0.25, -0.2) is 0 Å². The second-order valence-electron chi connectivity index (χ2n) is 6.15. The Hall–Kier alpha value is -3.60. The molecule has 3 aromatic carbocycles. The van der Waals surface area contributed by atoms with Crippen LogP contribution in [0.4, 0.5) is 5.69 Å². The van der Waals surface area contributed by atoms with Crippen molar-refractivity contribution in [2.24, 2.45) is 5.73 Å². The van der Waals surface area contributed by atoms with E-state index >= 15 is 0 Å². The number of hydrogen-bond donors (Lipinski definition) is 2. The minimum absolute atomic E-state index is 0.288. The van der Waals surface area contributed by atoms with Crippen molar-refractivity contribution < 1.29 is 14.3 Å². The number of aryl methyl sites for hydroxylation is 1. The quantitative estimate of drug-likeness (QED) is 0.700. The molecule has 0 unspecified atom stereocenters. The Morgan fingerprint density at radius 2 is 1.52 bits per heavy atom. The predicted octanol–water partition coefficient (Wildman–Crippen LogP) is 3.85. The first kappa shape index (κ1) is 18.2. The number of carbonyl (C=O) groups is 2. The first-order chi connectivity index (χ1) is 13.0. The lowest BCUT2D eigenvalue weighted by Crippen LogP contribution is -2.25. The molecule has 0 heterocycles. The zero-order chi connectivity index (χ0) is 19.2. The average molecular weight is 360 g/mol. The summed E-state index contributed by atoms with van der Waals surface area (Å²) in [4.78, 5) is 24.1. The zero-order valence-electron chi connectivity index (χ0n) is 14.9. The van der Waals surface area contributed by atoms with Gasteiger partial charge in [-0.3, -0.25) is 9.59 Å². The fraction of sp³-hybridized carbons (Fsp3) is 0.0909. The smallest absolute Gasteiger partial charge is 0.270 e. The summed E-state index contributed by atoms with van der Waals surface area (Å²) in [7, 11) is 0. The van der Waals surface area contributed by atoms with Crippen LogP contribution < -0.4 is 15.8 Å². The third-order valence-electron chi connectivity index (χ3n) is 4.05. The SMILES string of the molecule is Cc1ccc(NC(=O)[C@H](Oc2ccc(C(N)=O)cc2)c2ccccc2)cc1. The topological polar surface area (TPSA) is 81.4 Å². The van der Waals surface area contributed by atoms with Crippen LogP contribution in [0, 0.1) is 6.92 Å². The van der Waals surface area contributed by atoms with Crippen molar-refractivity contribution in [3.63, 3.8) is 0 Å². The highest BCUT2D eigenvalue weighted by Gasteiger charge is 2.23. The lowest BCUT2D eigenvalue weighted by Gasteiger charge is -2.19. The van der Waals surface area contributed by atoms with Crippen LogP contribution in [0.1, 0.15) is 27.6 Å². The molecule has 0 saturated heterocycles. The molecule has 5 heteroatoms. The predicted molar refractivity (Wildman–Crippen MR) is 105 cm³/mol. The van der Waals surface area contributed by atoms with Gasteiger partial charge in [0.05, 0.1) is 0 Å². The van der Waals surface area contributed by atoms with Gasteiger partial charge in [0.25, 0.3) is 5.91 Å².